The van der Waals surface area contributed by atoms with Crippen molar-refractivity contribution in [2.24, 2.45) is 0 Å². The van der Waals surface area contributed by atoms with Gasteiger partial charge in [0, 0.05) is 12.0 Å². The highest BCUT2D eigenvalue weighted by atomic mass is 16.4. The van der Waals surface area contributed by atoms with Gasteiger partial charge in [-0.15, -0.1) is 0 Å². The highest BCUT2D eigenvalue weighted by Crippen LogP contribution is 2.44. The largest absolute Gasteiger partial charge is 0.508 e. The number of rotatable bonds is 2. The summed E-state index contributed by atoms with van der Waals surface area (Å²) in [6.45, 7) is 0. The van der Waals surface area contributed by atoms with E-state index in [0.29, 0.717) is 0 Å². The maximum atomic E-state index is 10.3. The lowest BCUT2D eigenvalue weighted by Crippen LogP contribution is -2.24. The summed E-state index contributed by atoms with van der Waals surface area (Å²) in [5, 5.41) is 20.4. The van der Waals surface area contributed by atoms with E-state index < -0.39 is 6.09 Å². The lowest BCUT2D eigenvalue weighted by atomic mass is 10.1. The molecule has 1 saturated carbocycles. The van der Waals surface area contributed by atoms with Crippen LogP contribution in [0.15, 0.2) is 24.3 Å². The van der Waals surface area contributed by atoms with Crippen molar-refractivity contribution in [1.29, 1.82) is 0 Å². The summed E-state index contributed by atoms with van der Waals surface area (Å²) in [7, 11) is 0. The SMILES string of the molecule is O=C(O)NC1CC1c1ccccc1O. The molecule has 3 N–H and O–H groups in total. The second kappa shape index (κ2) is 3.21. The van der Waals surface area contributed by atoms with Gasteiger partial charge in [0.15, 0.2) is 0 Å². The molecule has 0 aliphatic heterocycles. The highest BCUT2D eigenvalue weighted by molar-refractivity contribution is 5.66. The Labute approximate surface area is 81.2 Å². The Kier molecular flexibility index (Phi) is 2.04. The van der Waals surface area contributed by atoms with Gasteiger partial charge in [-0.05, 0) is 18.1 Å². The molecule has 2 unspecified atom stereocenters. The zero-order valence-electron chi connectivity index (χ0n) is 7.47. The summed E-state index contributed by atoms with van der Waals surface area (Å²) in [4.78, 5) is 10.3. The Bertz CT molecular complexity index is 364. The Morgan fingerprint density at radius 1 is 1.43 bits per heavy atom. The molecule has 1 aromatic rings. The molecule has 2 atom stereocenters. The van der Waals surface area contributed by atoms with Gasteiger partial charge in [0.05, 0.1) is 0 Å². The van der Waals surface area contributed by atoms with Crippen LogP contribution < -0.4 is 5.32 Å². The monoisotopic (exact) mass is 193 g/mol. The number of hydrogen-bond acceptors (Lipinski definition) is 2. The van der Waals surface area contributed by atoms with Crippen LogP contribution in [0.1, 0.15) is 17.9 Å². The second-order valence-corrected chi connectivity index (χ2v) is 3.46. The van der Waals surface area contributed by atoms with E-state index in [4.69, 9.17) is 5.11 Å². The average molecular weight is 193 g/mol. The van der Waals surface area contributed by atoms with Crippen LogP contribution in [0, 0.1) is 0 Å². The number of nitrogens with one attached hydrogen (secondary N) is 1. The van der Waals surface area contributed by atoms with Crippen molar-refractivity contribution in [2.45, 2.75) is 18.4 Å². The van der Waals surface area contributed by atoms with Crippen LogP contribution in [-0.2, 0) is 0 Å². The van der Waals surface area contributed by atoms with Crippen molar-refractivity contribution in [3.05, 3.63) is 29.8 Å². The Balaban J connectivity index is 2.06. The number of aromatic hydroxyl groups is 1. The lowest BCUT2D eigenvalue weighted by molar-refractivity contribution is 0.193. The number of phenolic OH excluding ortho intramolecular Hbond substituents is 1. The van der Waals surface area contributed by atoms with Crippen molar-refractivity contribution in [3.63, 3.8) is 0 Å². The van der Waals surface area contributed by atoms with Gasteiger partial charge in [-0.25, -0.2) is 4.79 Å². The van der Waals surface area contributed by atoms with E-state index in [1.165, 1.54) is 0 Å². The number of carboxylic acid groups (broad SMARTS) is 1. The van der Waals surface area contributed by atoms with Crippen LogP contribution in [0.25, 0.3) is 0 Å². The Hall–Kier alpha value is -1.71. The predicted octanol–water partition coefficient (Wildman–Crippen LogP) is 1.52. The predicted molar refractivity (Wildman–Crippen MR) is 50.4 cm³/mol. The Morgan fingerprint density at radius 3 is 2.79 bits per heavy atom. The molecule has 0 heterocycles. The average Bonchev–Trinajstić information content (AvgIpc) is 2.83. The third-order valence-electron chi connectivity index (χ3n) is 2.44. The fourth-order valence-electron chi connectivity index (χ4n) is 1.66. The van der Waals surface area contributed by atoms with E-state index >= 15 is 0 Å². The normalized spacial score (nSPS) is 24.3. The number of phenols is 1. The van der Waals surface area contributed by atoms with Crippen molar-refractivity contribution in [1.82, 2.24) is 5.32 Å². The van der Waals surface area contributed by atoms with Crippen molar-refractivity contribution in [3.8, 4) is 5.75 Å². The fraction of sp³-hybridized carbons (Fsp3) is 0.300. The van der Waals surface area contributed by atoms with Gasteiger partial charge in [-0.1, -0.05) is 18.2 Å². The minimum atomic E-state index is -1.01. The summed E-state index contributed by atoms with van der Waals surface area (Å²) < 4.78 is 0. The van der Waals surface area contributed by atoms with E-state index in [1.807, 2.05) is 12.1 Å². The first-order valence-electron chi connectivity index (χ1n) is 4.46. The first-order valence-corrected chi connectivity index (χ1v) is 4.46. The zero-order valence-corrected chi connectivity index (χ0v) is 7.47. The molecule has 1 aliphatic rings. The van der Waals surface area contributed by atoms with Gasteiger partial charge in [-0.3, -0.25) is 0 Å². The van der Waals surface area contributed by atoms with Crippen molar-refractivity contribution < 1.29 is 15.0 Å². The fourth-order valence-corrected chi connectivity index (χ4v) is 1.66. The van der Waals surface area contributed by atoms with Crippen LogP contribution in [0.3, 0.4) is 0 Å². The topological polar surface area (TPSA) is 69.6 Å². The summed E-state index contributed by atoms with van der Waals surface area (Å²) in [5.74, 6) is 0.375. The third kappa shape index (κ3) is 1.64. The molecular weight excluding hydrogens is 182 g/mol. The lowest BCUT2D eigenvalue weighted by Gasteiger charge is -2.02. The molecule has 74 valence electrons. The zero-order chi connectivity index (χ0) is 10.1. The molecule has 1 amide bonds. The molecule has 0 radical (unpaired) electrons. The van der Waals surface area contributed by atoms with Crippen LogP contribution in [0.2, 0.25) is 0 Å². The molecule has 1 aromatic carbocycles. The van der Waals surface area contributed by atoms with Crippen LogP contribution in [0.4, 0.5) is 4.79 Å². The molecule has 0 saturated heterocycles. The number of benzene rings is 1. The van der Waals surface area contributed by atoms with E-state index in [1.54, 1.807) is 12.1 Å². The molecule has 14 heavy (non-hydrogen) atoms. The summed E-state index contributed by atoms with van der Waals surface area (Å²) >= 11 is 0. The number of para-hydroxylation sites is 1. The first-order chi connectivity index (χ1) is 6.68. The first kappa shape index (κ1) is 8.87. The summed E-state index contributed by atoms with van der Waals surface area (Å²) in [6.07, 6.45) is -0.239. The van der Waals surface area contributed by atoms with E-state index in [0.717, 1.165) is 12.0 Å². The smallest absolute Gasteiger partial charge is 0.404 e. The Morgan fingerprint density at radius 2 is 2.14 bits per heavy atom. The van der Waals surface area contributed by atoms with Crippen LogP contribution in [-0.4, -0.2) is 22.3 Å². The summed E-state index contributed by atoms with van der Waals surface area (Å²) in [6, 6.07) is 6.99. The standard InChI is InChI=1S/C10H11NO3/c12-9-4-2-1-3-6(9)7-5-8(7)11-10(13)14/h1-4,7-8,11-12H,5H2,(H,13,14). The van der Waals surface area contributed by atoms with E-state index in [9.17, 15) is 9.90 Å². The summed E-state index contributed by atoms with van der Waals surface area (Å²) in [5.41, 5.74) is 0.825. The van der Waals surface area contributed by atoms with Crippen LogP contribution in [0.5, 0.6) is 5.75 Å². The maximum Gasteiger partial charge on any atom is 0.404 e. The van der Waals surface area contributed by atoms with E-state index in [-0.39, 0.29) is 17.7 Å². The number of hydrogen-bond donors (Lipinski definition) is 3. The number of amides is 1. The van der Waals surface area contributed by atoms with Crippen molar-refractivity contribution >= 4 is 6.09 Å². The van der Waals surface area contributed by atoms with Gasteiger partial charge in [-0.2, -0.15) is 0 Å². The quantitative estimate of drug-likeness (QED) is 0.666. The highest BCUT2D eigenvalue weighted by Gasteiger charge is 2.40. The molecule has 4 nitrogen and oxygen atoms in total. The third-order valence-corrected chi connectivity index (χ3v) is 2.44. The van der Waals surface area contributed by atoms with E-state index in [2.05, 4.69) is 5.32 Å². The molecule has 0 aromatic heterocycles. The van der Waals surface area contributed by atoms with Crippen molar-refractivity contribution in [2.75, 3.05) is 0 Å². The van der Waals surface area contributed by atoms with Gasteiger partial charge < -0.3 is 15.5 Å². The van der Waals surface area contributed by atoms with Crippen LogP contribution >= 0.6 is 0 Å². The molecule has 2 rings (SSSR count). The molecular formula is C10H11NO3. The molecule has 0 bridgehead atoms. The minimum Gasteiger partial charge on any atom is -0.508 e. The van der Waals surface area contributed by atoms with Gasteiger partial charge in [0.25, 0.3) is 0 Å². The molecule has 1 fully saturated rings. The molecule has 1 aliphatic carbocycles. The maximum absolute atomic E-state index is 10.3. The van der Waals surface area contributed by atoms with Gasteiger partial charge in [0.2, 0.25) is 0 Å². The number of carbonyl (C=O) groups is 1. The molecule has 0 spiro atoms. The van der Waals surface area contributed by atoms with Gasteiger partial charge >= 0.3 is 6.09 Å². The molecule has 4 heteroatoms. The van der Waals surface area contributed by atoms with Gasteiger partial charge in [0.1, 0.15) is 5.75 Å². The second-order valence-electron chi connectivity index (χ2n) is 3.46. The minimum absolute atomic E-state index is 0.0409.